The molecule has 6 nitrogen and oxygen atoms in total. The molecule has 0 bridgehead atoms. The minimum absolute atomic E-state index is 0.415. The Kier molecular flexibility index (Phi) is 3.35. The van der Waals surface area contributed by atoms with E-state index in [2.05, 4.69) is 20.1 Å². The van der Waals surface area contributed by atoms with Crippen molar-refractivity contribution in [3.63, 3.8) is 0 Å². The van der Waals surface area contributed by atoms with Gasteiger partial charge in [-0.05, 0) is 38.1 Å². The highest BCUT2D eigenvalue weighted by Crippen LogP contribution is 2.24. The Morgan fingerprint density at radius 3 is 2.48 bits per heavy atom. The highest BCUT2D eigenvalue weighted by molar-refractivity contribution is 5.61. The van der Waals surface area contributed by atoms with Crippen LogP contribution in [0.25, 0.3) is 22.8 Å². The molecule has 3 aromatic rings. The fourth-order valence-corrected chi connectivity index (χ4v) is 1.98. The van der Waals surface area contributed by atoms with Crippen LogP contribution in [-0.2, 0) is 0 Å². The molecule has 0 spiro atoms. The van der Waals surface area contributed by atoms with Crippen LogP contribution in [0, 0.1) is 13.8 Å². The Morgan fingerprint density at radius 2 is 1.81 bits per heavy atom. The van der Waals surface area contributed by atoms with Crippen molar-refractivity contribution in [2.45, 2.75) is 13.8 Å². The zero-order valence-electron chi connectivity index (χ0n) is 12.0. The number of nitrogens with zero attached hydrogens (tertiary/aromatic N) is 4. The van der Waals surface area contributed by atoms with Crippen LogP contribution in [0.3, 0.4) is 0 Å². The molecule has 0 aliphatic rings. The van der Waals surface area contributed by atoms with Gasteiger partial charge in [0.15, 0.2) is 0 Å². The average molecular weight is 282 g/mol. The minimum Gasteiger partial charge on any atom is -0.497 e. The van der Waals surface area contributed by atoms with E-state index in [4.69, 9.17) is 9.26 Å². The van der Waals surface area contributed by atoms with Crippen molar-refractivity contribution in [1.29, 1.82) is 0 Å². The quantitative estimate of drug-likeness (QED) is 0.735. The summed E-state index contributed by atoms with van der Waals surface area (Å²) in [5.74, 6) is 2.43. The molecule has 0 unspecified atom stereocenters. The second-order valence-electron chi connectivity index (χ2n) is 4.57. The SMILES string of the molecule is COc1ccc(-c2noc(-c3cnc(C)nc3C)n2)cc1. The Balaban J connectivity index is 1.95. The maximum absolute atomic E-state index is 5.31. The van der Waals surface area contributed by atoms with Crippen LogP contribution < -0.4 is 4.74 Å². The van der Waals surface area contributed by atoms with Gasteiger partial charge in [0.05, 0.1) is 18.4 Å². The van der Waals surface area contributed by atoms with Crippen LogP contribution in [0.4, 0.5) is 0 Å². The summed E-state index contributed by atoms with van der Waals surface area (Å²) in [6.07, 6.45) is 1.70. The summed E-state index contributed by atoms with van der Waals surface area (Å²) in [5, 5.41) is 4.00. The lowest BCUT2D eigenvalue weighted by atomic mass is 10.2. The normalized spacial score (nSPS) is 10.6. The number of benzene rings is 1. The molecule has 0 saturated heterocycles. The number of rotatable bonds is 3. The van der Waals surface area contributed by atoms with Crippen molar-refractivity contribution < 1.29 is 9.26 Å². The monoisotopic (exact) mass is 282 g/mol. The highest BCUT2D eigenvalue weighted by atomic mass is 16.5. The van der Waals surface area contributed by atoms with E-state index >= 15 is 0 Å². The molecule has 0 amide bonds. The van der Waals surface area contributed by atoms with Crippen LogP contribution in [0.1, 0.15) is 11.5 Å². The van der Waals surface area contributed by atoms with Gasteiger partial charge in [0.1, 0.15) is 11.6 Å². The molecule has 0 N–H and O–H groups in total. The molecule has 1 aromatic carbocycles. The van der Waals surface area contributed by atoms with E-state index in [1.54, 1.807) is 13.3 Å². The van der Waals surface area contributed by atoms with Gasteiger partial charge in [0, 0.05) is 11.8 Å². The van der Waals surface area contributed by atoms with Crippen molar-refractivity contribution in [2.75, 3.05) is 7.11 Å². The Bertz CT molecular complexity index is 766. The van der Waals surface area contributed by atoms with E-state index in [0.29, 0.717) is 17.5 Å². The molecule has 3 rings (SSSR count). The molecule has 0 aliphatic carbocycles. The molecular weight excluding hydrogens is 268 g/mol. The van der Waals surface area contributed by atoms with Crippen molar-refractivity contribution in [3.8, 4) is 28.6 Å². The van der Waals surface area contributed by atoms with E-state index in [9.17, 15) is 0 Å². The molecule has 2 heterocycles. The fourth-order valence-electron chi connectivity index (χ4n) is 1.98. The molecule has 0 saturated carbocycles. The molecule has 6 heteroatoms. The Morgan fingerprint density at radius 1 is 1.05 bits per heavy atom. The summed E-state index contributed by atoms with van der Waals surface area (Å²) >= 11 is 0. The van der Waals surface area contributed by atoms with Gasteiger partial charge in [-0.25, -0.2) is 9.97 Å². The summed E-state index contributed by atoms with van der Waals surface area (Å²) in [4.78, 5) is 12.9. The second-order valence-corrected chi connectivity index (χ2v) is 4.57. The van der Waals surface area contributed by atoms with Crippen molar-refractivity contribution in [3.05, 3.63) is 42.0 Å². The number of ether oxygens (including phenoxy) is 1. The number of aryl methyl sites for hydroxylation is 2. The van der Waals surface area contributed by atoms with Gasteiger partial charge in [-0.1, -0.05) is 5.16 Å². The first-order valence-electron chi connectivity index (χ1n) is 6.46. The standard InChI is InChI=1S/C15H14N4O2/c1-9-13(8-16-10(2)17-9)15-18-14(19-21-15)11-4-6-12(20-3)7-5-11/h4-8H,1-3H3. The minimum atomic E-state index is 0.415. The summed E-state index contributed by atoms with van der Waals surface area (Å²) in [7, 11) is 1.63. The summed E-state index contributed by atoms with van der Waals surface area (Å²) < 4.78 is 10.4. The van der Waals surface area contributed by atoms with Gasteiger partial charge in [0.2, 0.25) is 5.82 Å². The van der Waals surface area contributed by atoms with E-state index in [0.717, 1.165) is 22.6 Å². The third-order valence-electron chi connectivity index (χ3n) is 3.10. The molecule has 0 radical (unpaired) electrons. The second kappa shape index (κ2) is 5.32. The molecular formula is C15H14N4O2. The molecule has 0 atom stereocenters. The lowest BCUT2D eigenvalue weighted by molar-refractivity contribution is 0.414. The van der Waals surface area contributed by atoms with Crippen LogP contribution >= 0.6 is 0 Å². The van der Waals surface area contributed by atoms with Crippen LogP contribution in [0.15, 0.2) is 35.0 Å². The predicted octanol–water partition coefficient (Wildman–Crippen LogP) is 2.82. The molecule has 21 heavy (non-hydrogen) atoms. The maximum Gasteiger partial charge on any atom is 0.261 e. The molecule has 2 aromatic heterocycles. The highest BCUT2D eigenvalue weighted by Gasteiger charge is 2.14. The van der Waals surface area contributed by atoms with Gasteiger partial charge in [-0.3, -0.25) is 0 Å². The zero-order valence-corrected chi connectivity index (χ0v) is 12.0. The molecule has 106 valence electrons. The Hall–Kier alpha value is -2.76. The number of methoxy groups -OCH3 is 1. The lowest BCUT2D eigenvalue weighted by Crippen LogP contribution is -1.94. The largest absolute Gasteiger partial charge is 0.497 e. The van der Waals surface area contributed by atoms with Crippen molar-refractivity contribution in [2.24, 2.45) is 0 Å². The van der Waals surface area contributed by atoms with Crippen molar-refractivity contribution in [1.82, 2.24) is 20.1 Å². The first kappa shape index (κ1) is 13.2. The van der Waals surface area contributed by atoms with E-state index in [-0.39, 0.29) is 0 Å². The topological polar surface area (TPSA) is 73.9 Å². The van der Waals surface area contributed by atoms with Gasteiger partial charge in [0.25, 0.3) is 5.89 Å². The third-order valence-corrected chi connectivity index (χ3v) is 3.10. The van der Waals surface area contributed by atoms with Crippen LogP contribution in [0.5, 0.6) is 5.75 Å². The van der Waals surface area contributed by atoms with Gasteiger partial charge in [-0.2, -0.15) is 4.98 Å². The van der Waals surface area contributed by atoms with E-state index < -0.39 is 0 Å². The summed E-state index contributed by atoms with van der Waals surface area (Å²) in [5.41, 5.74) is 2.41. The maximum atomic E-state index is 5.31. The first-order chi connectivity index (χ1) is 10.2. The summed E-state index contributed by atoms with van der Waals surface area (Å²) in [6, 6.07) is 7.47. The zero-order chi connectivity index (χ0) is 14.8. The number of hydrogen-bond acceptors (Lipinski definition) is 6. The molecule has 0 aliphatic heterocycles. The van der Waals surface area contributed by atoms with Gasteiger partial charge >= 0.3 is 0 Å². The van der Waals surface area contributed by atoms with Gasteiger partial charge < -0.3 is 9.26 Å². The number of aromatic nitrogens is 4. The average Bonchev–Trinajstić information content (AvgIpc) is 2.97. The van der Waals surface area contributed by atoms with E-state index in [1.165, 1.54) is 0 Å². The van der Waals surface area contributed by atoms with Crippen LogP contribution in [0.2, 0.25) is 0 Å². The predicted molar refractivity (Wildman–Crippen MR) is 76.8 cm³/mol. The molecule has 0 fully saturated rings. The first-order valence-corrected chi connectivity index (χ1v) is 6.46. The van der Waals surface area contributed by atoms with E-state index in [1.807, 2.05) is 38.1 Å². The lowest BCUT2D eigenvalue weighted by Gasteiger charge is -2.00. The third kappa shape index (κ3) is 2.60. The van der Waals surface area contributed by atoms with Gasteiger partial charge in [-0.15, -0.1) is 0 Å². The smallest absolute Gasteiger partial charge is 0.261 e. The summed E-state index contributed by atoms with van der Waals surface area (Å²) in [6.45, 7) is 3.73. The van der Waals surface area contributed by atoms with Crippen LogP contribution in [-0.4, -0.2) is 27.2 Å². The Labute approximate surface area is 121 Å². The fraction of sp³-hybridized carbons (Fsp3) is 0.200. The number of hydrogen-bond donors (Lipinski definition) is 0. The van der Waals surface area contributed by atoms with Crippen molar-refractivity contribution >= 4 is 0 Å².